The lowest BCUT2D eigenvalue weighted by atomic mass is 10.1. The second-order valence-corrected chi connectivity index (χ2v) is 24.7. The molecule has 0 bridgehead atoms. The van der Waals surface area contributed by atoms with Crippen molar-refractivity contribution >= 4 is 30.7 Å². The molecule has 0 radical (unpaired) electrons. The van der Waals surface area contributed by atoms with Crippen molar-refractivity contribution in [1.29, 1.82) is 0 Å². The second kappa shape index (κ2) is 150. The summed E-state index contributed by atoms with van der Waals surface area (Å²) < 4.78 is 135. The fourth-order valence-electron chi connectivity index (χ4n) is 7.42. The summed E-state index contributed by atoms with van der Waals surface area (Å²) >= 11 is 0. The number of carbonyl (C=O) groups excluding carboxylic acids is 4. The van der Waals surface area contributed by atoms with Crippen molar-refractivity contribution in [3.05, 3.63) is 362 Å². The smallest absolute Gasteiger partial charge is 0.505 e. The second-order valence-electron chi connectivity index (χ2n) is 24.7. The predicted molar refractivity (Wildman–Crippen MR) is 582 cm³/mol. The Balaban J connectivity index is -0.000000153. The number of aliphatic hydroxyl groups is 2. The first kappa shape index (κ1) is 156. The van der Waals surface area contributed by atoms with Gasteiger partial charge in [-0.15, -0.1) is 0 Å². The first-order chi connectivity index (χ1) is 72.0. The third-order valence-electron chi connectivity index (χ3n) is 13.8. The van der Waals surface area contributed by atoms with Gasteiger partial charge in [0, 0.05) is 46.0 Å². The van der Waals surface area contributed by atoms with Crippen LogP contribution in [0.25, 0.3) is 11.1 Å². The molecule has 0 aliphatic carbocycles. The van der Waals surface area contributed by atoms with Gasteiger partial charge in [0.25, 0.3) is 0 Å². The summed E-state index contributed by atoms with van der Waals surface area (Å²) in [5.74, 6) is 2.56. The van der Waals surface area contributed by atoms with Crippen molar-refractivity contribution in [2.24, 2.45) is 0 Å². The maximum absolute atomic E-state index is 11.4. The first-order valence-corrected chi connectivity index (χ1v) is 46.0. The van der Waals surface area contributed by atoms with E-state index in [1.54, 1.807) is 66.6 Å². The number of esters is 2. The number of hydrogen-bond donors (Lipinski definition) is 3. The number of aryl methyl sites for hydroxylation is 1. The number of aliphatic hydroxyl groups excluding tert-OH is 2. The Morgan fingerprint density at radius 2 is 0.588 bits per heavy atom. The Morgan fingerprint density at radius 1 is 0.297 bits per heavy atom. The van der Waals surface area contributed by atoms with E-state index >= 15 is 0 Å². The minimum Gasteiger partial charge on any atom is -0.505 e. The van der Waals surface area contributed by atoms with Gasteiger partial charge >= 0.3 is 18.1 Å². The van der Waals surface area contributed by atoms with Crippen molar-refractivity contribution in [1.82, 2.24) is 0 Å². The third-order valence-corrected chi connectivity index (χ3v) is 13.8. The molecule has 0 aromatic heterocycles. The highest BCUT2D eigenvalue weighted by atomic mass is 16.7. The number of carboxylic acid groups (broad SMARTS) is 1. The molecule has 0 spiro atoms. The molecule has 0 unspecified atom stereocenters. The van der Waals surface area contributed by atoms with E-state index in [1.165, 1.54) is 117 Å². The highest BCUT2D eigenvalue weighted by molar-refractivity contribution is 5.89. The molecule has 5 rings (SSSR count). The zero-order chi connectivity index (χ0) is 113. The van der Waals surface area contributed by atoms with E-state index in [-0.39, 0.29) is 45.6 Å². The normalized spacial score (nSPS) is 8.56. The zero-order valence-corrected chi connectivity index (χ0v) is 89.0. The van der Waals surface area contributed by atoms with Gasteiger partial charge in [-0.2, -0.15) is 0 Å². The number of ether oxygens (including phenoxy) is 28. The summed E-state index contributed by atoms with van der Waals surface area (Å²) in [4.78, 5) is 51.1. The molecule has 836 valence electrons. The molecule has 36 heteroatoms. The van der Waals surface area contributed by atoms with Crippen LogP contribution in [-0.4, -0.2) is 279 Å². The molecule has 36 nitrogen and oxygen atoms in total. The van der Waals surface area contributed by atoms with Crippen molar-refractivity contribution in [3.63, 3.8) is 0 Å². The lowest BCUT2D eigenvalue weighted by molar-refractivity contribution is -0.140. The average molecular weight is 2090 g/mol. The van der Waals surface area contributed by atoms with E-state index in [9.17, 15) is 24.0 Å². The molecule has 0 aliphatic heterocycles. The lowest BCUT2D eigenvalue weighted by Crippen LogP contribution is -2.09. The number of unbranched alkanes of at least 4 members (excludes halogenated alkanes) is 1. The molecular formula is C112H172O36. The summed E-state index contributed by atoms with van der Waals surface area (Å²) in [6.07, 6.45) is 24.4. The maximum atomic E-state index is 11.4. The van der Waals surface area contributed by atoms with Gasteiger partial charge in [-0.05, 0) is 119 Å². The molecule has 0 aliphatic rings. The summed E-state index contributed by atoms with van der Waals surface area (Å²) in [7, 11) is 6.39. The van der Waals surface area contributed by atoms with Crippen LogP contribution >= 0.6 is 0 Å². The van der Waals surface area contributed by atoms with Crippen LogP contribution in [0.5, 0.6) is 23.0 Å². The van der Waals surface area contributed by atoms with E-state index in [0.717, 1.165) is 55.9 Å². The van der Waals surface area contributed by atoms with Gasteiger partial charge in [0.2, 0.25) is 0 Å². The van der Waals surface area contributed by atoms with Crippen molar-refractivity contribution in [2.75, 3.05) is 233 Å². The standard InChI is InChI=1S/C16H16O2.C13H16O4.C11H14O2.C10H12O2.C8H12O3.C8H14O3.2C6H12O2.C5H8O4.2C5H10O2.C5H8O2.2C4H8O2.2C3H6O/c1-2-17-12-13-18-16-10-8-15(9-11-16)14-6-4-3-5-7-14;1-3-15-9-10-17-12-7-5-11(6-8-12)13(14)16-4-2;1-3-12-8-9-13-11-6-4-10(2)5-7-11;1-2-11-8-9-12-10-6-4-3-5-7-10;1-4-10-5-6-11-8(9)7(2)3;1-2-10-6-3-4-7-11-8-5-9;2*1-3-7-5-6-8-4-2;1-2-8-3-4-9-5(6)7;2*1-3-7-5-4-6-2;1-2-7-5-3-4-6;2*1-2-6-4-3-5;2*1-3-4-2/h2-11H,1,12-13H2;3,5-8H,1,4,9-10H2,2H3;3-7H,1,8-9H2,2H3;2-7H,1,8-9H2;4H,1-2,5-6H2,3H3;2,5H,1,3-4,6-8H2;2*3H,1,4-6H2,2H3;2H,1,3-4H2,(H,6,7);2*3H,1,4-5H2,2H3;2,4H,1,3,5H2;2*2,5H,1,3-4H2;2*3H,1H2,2H3. The van der Waals surface area contributed by atoms with E-state index < -0.39 is 12.1 Å². The molecule has 0 saturated carbocycles. The summed E-state index contributed by atoms with van der Waals surface area (Å²) in [6.45, 7) is 80.9. The van der Waals surface area contributed by atoms with Crippen LogP contribution in [-0.2, 0) is 128 Å². The van der Waals surface area contributed by atoms with Crippen LogP contribution in [0.4, 0.5) is 4.79 Å². The van der Waals surface area contributed by atoms with Crippen LogP contribution in [0.1, 0.15) is 62.9 Å². The Morgan fingerprint density at radius 3 is 0.892 bits per heavy atom. The molecule has 5 aromatic rings. The molecule has 0 saturated heterocycles. The SMILES string of the molecule is C=COC.C=COC.C=COCCC=O.C=COCCCCOCC=O.C=COCCO.C=COCCO.C=COCCOC.C=COCCOC.C=COCCOC(=O)C(=C)C.C=COCCOC(=O)O.C=COCCOCC.C=COCCOCC.C=COCCOc1ccc(-c2ccccc2)cc1.C=COCCOc1ccc(C(=O)OCC)cc1.C=COCCOc1ccc(C)cc1.C=COCCOc1ccccc1. The number of carbonyl (C=O) groups is 5. The van der Waals surface area contributed by atoms with Gasteiger partial charge in [0.1, 0.15) is 161 Å². The third kappa shape index (κ3) is 154. The van der Waals surface area contributed by atoms with Gasteiger partial charge in [0.15, 0.2) is 0 Å². The minimum absolute atomic E-state index is 0.0430. The summed E-state index contributed by atoms with van der Waals surface area (Å²) in [5.41, 5.74) is 4.53. The van der Waals surface area contributed by atoms with Crippen LogP contribution in [0.15, 0.2) is 351 Å². The van der Waals surface area contributed by atoms with Gasteiger partial charge in [0.05, 0.1) is 179 Å². The monoisotopic (exact) mass is 2090 g/mol. The van der Waals surface area contributed by atoms with E-state index in [2.05, 4.69) is 179 Å². The molecule has 5 aromatic carbocycles. The highest BCUT2D eigenvalue weighted by Crippen LogP contribution is 2.22. The van der Waals surface area contributed by atoms with Gasteiger partial charge in [-0.1, -0.05) is 190 Å². The fraction of sp³-hybridized carbons (Fsp3) is 0.384. The Labute approximate surface area is 881 Å². The van der Waals surface area contributed by atoms with Crippen LogP contribution in [0, 0.1) is 6.92 Å². The maximum Gasteiger partial charge on any atom is 0.505 e. The van der Waals surface area contributed by atoms with Crippen molar-refractivity contribution < 1.29 is 172 Å². The number of hydrogen-bond acceptors (Lipinski definition) is 35. The van der Waals surface area contributed by atoms with Crippen molar-refractivity contribution in [3.8, 4) is 34.1 Å². The molecule has 0 amide bonds. The Kier molecular flexibility index (Phi) is 157. The van der Waals surface area contributed by atoms with Crippen LogP contribution < -0.4 is 18.9 Å². The number of rotatable bonds is 70. The van der Waals surface area contributed by atoms with E-state index in [4.69, 9.17) is 105 Å². The highest BCUT2D eigenvalue weighted by Gasteiger charge is 2.07. The largest absolute Gasteiger partial charge is 0.505 e. The molecule has 0 fully saturated rings. The van der Waals surface area contributed by atoms with Crippen LogP contribution in [0.2, 0.25) is 0 Å². The lowest BCUT2D eigenvalue weighted by Gasteiger charge is -2.07. The zero-order valence-electron chi connectivity index (χ0n) is 89.0. The van der Waals surface area contributed by atoms with E-state index in [1.807, 2.05) is 106 Å². The van der Waals surface area contributed by atoms with E-state index in [0.29, 0.717) is 175 Å². The number of aldehydes is 2. The molecule has 148 heavy (non-hydrogen) atoms. The molecular weight excluding hydrogens is 1920 g/mol. The number of methoxy groups -OCH3 is 4. The Hall–Kier alpha value is -15.1. The van der Waals surface area contributed by atoms with Gasteiger partial charge in [-0.3, -0.25) is 0 Å². The molecule has 0 heterocycles. The predicted octanol–water partition coefficient (Wildman–Crippen LogP) is 20.8. The average Bonchev–Trinajstić information content (AvgIpc) is 0.866. The van der Waals surface area contributed by atoms with Crippen molar-refractivity contribution in [2.45, 2.75) is 53.9 Å². The first-order valence-electron chi connectivity index (χ1n) is 46.0. The Bertz CT molecular complexity index is 3690. The topological polar surface area (TPSA) is 404 Å². The molecule has 3 N–H and O–H groups in total. The minimum atomic E-state index is -1.29. The van der Waals surface area contributed by atoms with Crippen LogP contribution in [0.3, 0.4) is 0 Å². The number of benzene rings is 5. The fourth-order valence-corrected chi connectivity index (χ4v) is 7.42. The van der Waals surface area contributed by atoms with Gasteiger partial charge < -0.3 is 158 Å². The quantitative estimate of drug-likeness (QED) is 0.00812. The molecule has 0 atom stereocenters. The number of para-hydroxylation sites is 1. The summed E-state index contributed by atoms with van der Waals surface area (Å²) in [6, 6.07) is 42.7. The van der Waals surface area contributed by atoms with Gasteiger partial charge in [-0.25, -0.2) is 14.4 Å². The summed E-state index contributed by atoms with van der Waals surface area (Å²) in [5, 5.41) is 24.0.